The molecule has 0 aliphatic carbocycles. The Kier molecular flexibility index (Phi) is 6.47. The molecule has 5 nitrogen and oxygen atoms in total. The molecule has 0 spiro atoms. The van der Waals surface area contributed by atoms with Crippen LogP contribution < -0.4 is 11.1 Å². The normalized spacial score (nSPS) is 18.8. The summed E-state index contributed by atoms with van der Waals surface area (Å²) in [5.41, 5.74) is 5.28. The fraction of sp³-hybridized carbons (Fsp3) is 0.917. The van der Waals surface area contributed by atoms with Crippen LogP contribution in [0.5, 0.6) is 0 Å². The first-order valence-electron chi connectivity index (χ1n) is 6.51. The van der Waals surface area contributed by atoms with E-state index in [-0.39, 0.29) is 11.9 Å². The number of rotatable bonds is 8. The van der Waals surface area contributed by atoms with E-state index in [1.54, 1.807) is 7.05 Å². The molecule has 0 aromatic carbocycles. The third-order valence-corrected chi connectivity index (χ3v) is 3.49. The molecule has 1 atom stereocenters. The van der Waals surface area contributed by atoms with E-state index in [1.165, 1.54) is 25.9 Å². The number of carbonyl (C=O) groups excluding carboxylic acids is 1. The molecule has 0 saturated carbocycles. The van der Waals surface area contributed by atoms with Crippen molar-refractivity contribution >= 4 is 5.91 Å². The number of hydrogen-bond donors (Lipinski definition) is 2. The number of nitrogens with one attached hydrogen (secondary N) is 1. The molecule has 0 radical (unpaired) electrons. The third-order valence-electron chi connectivity index (χ3n) is 3.49. The Balaban J connectivity index is 2.11. The Hall–Kier alpha value is -0.650. The highest BCUT2D eigenvalue weighted by Gasteiger charge is 2.14. The Morgan fingerprint density at radius 3 is 2.59 bits per heavy atom. The van der Waals surface area contributed by atoms with Crippen LogP contribution in [0.25, 0.3) is 0 Å². The fourth-order valence-corrected chi connectivity index (χ4v) is 2.21. The second kappa shape index (κ2) is 7.63. The Labute approximate surface area is 104 Å². The lowest BCUT2D eigenvalue weighted by atomic mass is 10.2. The molecule has 0 aromatic rings. The molecule has 17 heavy (non-hydrogen) atoms. The van der Waals surface area contributed by atoms with E-state index in [2.05, 4.69) is 22.2 Å². The SMILES string of the molecule is CNC(CCN(C)CCN1CCCC1)C(N)=O. The Bertz CT molecular complexity index is 229. The van der Waals surface area contributed by atoms with Crippen LogP contribution in [0.2, 0.25) is 0 Å². The second-order valence-corrected chi connectivity index (χ2v) is 4.88. The quantitative estimate of drug-likeness (QED) is 0.601. The first-order chi connectivity index (χ1) is 8.13. The van der Waals surface area contributed by atoms with E-state index in [0.29, 0.717) is 0 Å². The molecule has 5 heteroatoms. The number of nitrogens with two attached hydrogens (primary N) is 1. The number of hydrogen-bond acceptors (Lipinski definition) is 4. The van der Waals surface area contributed by atoms with Crippen molar-refractivity contribution in [1.82, 2.24) is 15.1 Å². The van der Waals surface area contributed by atoms with Gasteiger partial charge in [0.05, 0.1) is 6.04 Å². The van der Waals surface area contributed by atoms with Crippen LogP contribution in [-0.2, 0) is 4.79 Å². The van der Waals surface area contributed by atoms with Gasteiger partial charge in [-0.3, -0.25) is 4.79 Å². The van der Waals surface area contributed by atoms with Gasteiger partial charge in [0.1, 0.15) is 0 Å². The lowest BCUT2D eigenvalue weighted by molar-refractivity contribution is -0.120. The molecule has 0 aromatic heterocycles. The summed E-state index contributed by atoms with van der Waals surface area (Å²) in [4.78, 5) is 15.8. The number of primary amides is 1. The standard InChI is InChI=1S/C12H26N4O/c1-14-11(12(13)17)5-8-15(2)9-10-16-6-3-4-7-16/h11,14H,3-10H2,1-2H3,(H2,13,17). The summed E-state index contributed by atoms with van der Waals surface area (Å²) in [6.07, 6.45) is 3.46. The van der Waals surface area contributed by atoms with Crippen molar-refractivity contribution in [2.45, 2.75) is 25.3 Å². The van der Waals surface area contributed by atoms with Gasteiger partial charge in [-0.1, -0.05) is 0 Å². The molecule has 1 fully saturated rings. The number of likely N-dealkylation sites (N-methyl/N-ethyl adjacent to an activating group) is 2. The molecule has 1 heterocycles. The maximum Gasteiger partial charge on any atom is 0.234 e. The van der Waals surface area contributed by atoms with Crippen molar-refractivity contribution < 1.29 is 4.79 Å². The maximum atomic E-state index is 11.0. The van der Waals surface area contributed by atoms with Gasteiger partial charge in [-0.25, -0.2) is 0 Å². The maximum absolute atomic E-state index is 11.0. The van der Waals surface area contributed by atoms with Crippen LogP contribution in [0.15, 0.2) is 0 Å². The van der Waals surface area contributed by atoms with E-state index in [1.807, 2.05) is 0 Å². The first kappa shape index (κ1) is 14.4. The monoisotopic (exact) mass is 242 g/mol. The third kappa shape index (κ3) is 5.48. The van der Waals surface area contributed by atoms with Crippen LogP contribution in [0, 0.1) is 0 Å². The second-order valence-electron chi connectivity index (χ2n) is 4.88. The highest BCUT2D eigenvalue weighted by atomic mass is 16.1. The van der Waals surface area contributed by atoms with Gasteiger partial charge in [-0.15, -0.1) is 0 Å². The molecule has 1 unspecified atom stereocenters. The van der Waals surface area contributed by atoms with Crippen molar-refractivity contribution in [1.29, 1.82) is 0 Å². The minimum absolute atomic E-state index is 0.204. The van der Waals surface area contributed by atoms with Gasteiger partial charge in [-0.2, -0.15) is 0 Å². The molecule has 1 aliphatic rings. The van der Waals surface area contributed by atoms with Crippen molar-refractivity contribution in [3.63, 3.8) is 0 Å². The van der Waals surface area contributed by atoms with Gasteiger partial charge in [0.2, 0.25) is 5.91 Å². The average Bonchev–Trinajstić information content (AvgIpc) is 2.79. The van der Waals surface area contributed by atoms with Crippen molar-refractivity contribution in [2.24, 2.45) is 5.73 Å². The molecule has 100 valence electrons. The molecule has 1 amide bonds. The molecule has 1 aliphatic heterocycles. The largest absolute Gasteiger partial charge is 0.368 e. The van der Waals surface area contributed by atoms with Gasteiger partial charge in [-0.05, 0) is 53.0 Å². The summed E-state index contributed by atoms with van der Waals surface area (Å²) in [6.45, 7) is 5.59. The predicted molar refractivity (Wildman–Crippen MR) is 69.8 cm³/mol. The fourth-order valence-electron chi connectivity index (χ4n) is 2.21. The minimum Gasteiger partial charge on any atom is -0.368 e. The smallest absolute Gasteiger partial charge is 0.234 e. The van der Waals surface area contributed by atoms with Crippen molar-refractivity contribution in [3.8, 4) is 0 Å². The van der Waals surface area contributed by atoms with Gasteiger partial charge >= 0.3 is 0 Å². The molecule has 1 saturated heterocycles. The highest BCUT2D eigenvalue weighted by Crippen LogP contribution is 2.06. The first-order valence-corrected chi connectivity index (χ1v) is 6.51. The molecule has 1 rings (SSSR count). The van der Waals surface area contributed by atoms with E-state index in [9.17, 15) is 4.79 Å². The zero-order chi connectivity index (χ0) is 12.7. The van der Waals surface area contributed by atoms with Crippen molar-refractivity contribution in [3.05, 3.63) is 0 Å². The van der Waals surface area contributed by atoms with E-state index in [4.69, 9.17) is 5.73 Å². The molecule has 3 N–H and O–H groups in total. The van der Waals surface area contributed by atoms with Crippen LogP contribution >= 0.6 is 0 Å². The minimum atomic E-state index is -0.263. The number of nitrogens with zero attached hydrogens (tertiary/aromatic N) is 2. The zero-order valence-electron chi connectivity index (χ0n) is 11.1. The van der Waals surface area contributed by atoms with Crippen LogP contribution in [0.4, 0.5) is 0 Å². The van der Waals surface area contributed by atoms with Crippen LogP contribution in [0.3, 0.4) is 0 Å². The summed E-state index contributed by atoms with van der Waals surface area (Å²) in [5, 5.41) is 2.94. The average molecular weight is 242 g/mol. The van der Waals surface area contributed by atoms with Gasteiger partial charge in [0.25, 0.3) is 0 Å². The van der Waals surface area contributed by atoms with E-state index >= 15 is 0 Å². The van der Waals surface area contributed by atoms with Crippen LogP contribution in [-0.4, -0.2) is 68.6 Å². The van der Waals surface area contributed by atoms with Gasteiger partial charge in [0.15, 0.2) is 0 Å². The Morgan fingerprint density at radius 2 is 2.06 bits per heavy atom. The van der Waals surface area contributed by atoms with Crippen molar-refractivity contribution in [2.75, 3.05) is 46.8 Å². The number of likely N-dealkylation sites (tertiary alicyclic amines) is 1. The lowest BCUT2D eigenvalue weighted by Gasteiger charge is -2.22. The topological polar surface area (TPSA) is 61.6 Å². The summed E-state index contributed by atoms with van der Waals surface area (Å²) < 4.78 is 0. The Morgan fingerprint density at radius 1 is 1.41 bits per heavy atom. The van der Waals surface area contributed by atoms with E-state index < -0.39 is 0 Å². The molecule has 0 bridgehead atoms. The summed E-state index contributed by atoms with van der Waals surface area (Å²) in [6, 6.07) is -0.204. The summed E-state index contributed by atoms with van der Waals surface area (Å²) in [7, 11) is 3.88. The van der Waals surface area contributed by atoms with Gasteiger partial charge in [0, 0.05) is 13.1 Å². The van der Waals surface area contributed by atoms with E-state index in [0.717, 1.165) is 26.1 Å². The zero-order valence-corrected chi connectivity index (χ0v) is 11.1. The number of carbonyl (C=O) groups is 1. The molecular formula is C12H26N4O. The number of amides is 1. The van der Waals surface area contributed by atoms with Crippen LogP contribution in [0.1, 0.15) is 19.3 Å². The molecular weight excluding hydrogens is 216 g/mol. The highest BCUT2D eigenvalue weighted by molar-refractivity contribution is 5.79. The summed E-state index contributed by atoms with van der Waals surface area (Å²) in [5.74, 6) is -0.263. The van der Waals surface area contributed by atoms with Gasteiger partial charge < -0.3 is 20.9 Å². The summed E-state index contributed by atoms with van der Waals surface area (Å²) >= 11 is 0. The predicted octanol–water partition coefficient (Wildman–Crippen LogP) is -0.523. The lowest BCUT2D eigenvalue weighted by Crippen LogP contribution is -2.42.